The van der Waals surface area contributed by atoms with E-state index in [0.717, 1.165) is 11.1 Å². The summed E-state index contributed by atoms with van der Waals surface area (Å²) in [7, 11) is 0. The Balaban J connectivity index is 2.16. The molecule has 0 saturated carbocycles. The van der Waals surface area contributed by atoms with Crippen molar-refractivity contribution in [2.24, 2.45) is 0 Å². The molecule has 0 saturated heterocycles. The number of hydrogen-bond donors (Lipinski definition) is 2. The van der Waals surface area contributed by atoms with Crippen molar-refractivity contribution in [3.05, 3.63) is 17.8 Å². The normalized spacial score (nSPS) is 10.7. The number of halogens is 1. The van der Waals surface area contributed by atoms with E-state index in [9.17, 15) is 4.79 Å². The first-order valence-electron chi connectivity index (χ1n) is 5.38. The van der Waals surface area contributed by atoms with Gasteiger partial charge in [-0.05, 0) is 25.5 Å². The Kier molecular flexibility index (Phi) is 3.58. The Bertz CT molecular complexity index is 537. The molecule has 0 unspecified atom stereocenters. The van der Waals surface area contributed by atoms with Crippen LogP contribution in [0, 0.1) is 6.92 Å². The first kappa shape index (κ1) is 11.9. The van der Waals surface area contributed by atoms with Crippen LogP contribution in [0.3, 0.4) is 0 Å². The predicted octanol–water partition coefficient (Wildman–Crippen LogP) is 2.22. The molecule has 2 rings (SSSR count). The van der Waals surface area contributed by atoms with E-state index in [1.54, 1.807) is 0 Å². The first-order valence-corrected chi connectivity index (χ1v) is 5.91. The van der Waals surface area contributed by atoms with Gasteiger partial charge in [0.2, 0.25) is 5.91 Å². The first-order chi connectivity index (χ1) is 8.20. The lowest BCUT2D eigenvalue weighted by Crippen LogP contribution is -2.11. The van der Waals surface area contributed by atoms with Gasteiger partial charge in [-0.1, -0.05) is 0 Å². The number of H-pyrrole nitrogens is 1. The lowest BCUT2D eigenvalue weighted by atomic mass is 10.3. The van der Waals surface area contributed by atoms with Crippen molar-refractivity contribution < 1.29 is 4.79 Å². The van der Waals surface area contributed by atoms with Crippen molar-refractivity contribution in [2.45, 2.75) is 19.8 Å². The Morgan fingerprint density at radius 1 is 1.53 bits per heavy atom. The predicted molar refractivity (Wildman–Crippen MR) is 67.2 cm³/mol. The number of carbonyl (C=O) groups is 1. The number of nitrogens with zero attached hydrogens (tertiary/aromatic N) is 2. The molecule has 0 radical (unpaired) electrons. The van der Waals surface area contributed by atoms with Gasteiger partial charge in [0.05, 0.1) is 5.39 Å². The molecule has 5 nitrogen and oxygen atoms in total. The number of rotatable bonds is 4. The van der Waals surface area contributed by atoms with Crippen molar-refractivity contribution in [3.8, 4) is 0 Å². The molecular formula is C11H13ClN4O. The lowest BCUT2D eigenvalue weighted by molar-refractivity contribution is -0.116. The zero-order valence-electron chi connectivity index (χ0n) is 9.46. The maximum absolute atomic E-state index is 11.5. The highest BCUT2D eigenvalue weighted by atomic mass is 35.5. The summed E-state index contributed by atoms with van der Waals surface area (Å²) in [6.07, 6.45) is 1.06. The fraction of sp³-hybridized carbons (Fsp3) is 0.364. The number of aryl methyl sites for hydroxylation is 1. The molecule has 0 fully saturated rings. The van der Waals surface area contributed by atoms with Gasteiger partial charge in [0.25, 0.3) is 0 Å². The Morgan fingerprint density at radius 2 is 2.35 bits per heavy atom. The van der Waals surface area contributed by atoms with Gasteiger partial charge in [0, 0.05) is 18.0 Å². The molecule has 0 aliphatic rings. The molecule has 2 heterocycles. The van der Waals surface area contributed by atoms with Crippen LogP contribution in [-0.4, -0.2) is 27.0 Å². The SMILES string of the molecule is Cc1ccc2c(NC(=O)CCCCl)n[nH]c2n1. The molecule has 6 heteroatoms. The number of carbonyl (C=O) groups excluding carboxylic acids is 1. The summed E-state index contributed by atoms with van der Waals surface area (Å²) in [6.45, 7) is 1.90. The minimum Gasteiger partial charge on any atom is -0.309 e. The second-order valence-corrected chi connectivity index (χ2v) is 4.14. The van der Waals surface area contributed by atoms with E-state index < -0.39 is 0 Å². The van der Waals surface area contributed by atoms with Crippen LogP contribution in [0.1, 0.15) is 18.5 Å². The van der Waals surface area contributed by atoms with Gasteiger partial charge in [0.15, 0.2) is 11.5 Å². The third kappa shape index (κ3) is 2.74. The fourth-order valence-electron chi connectivity index (χ4n) is 1.52. The largest absolute Gasteiger partial charge is 0.309 e. The monoisotopic (exact) mass is 252 g/mol. The van der Waals surface area contributed by atoms with E-state index in [4.69, 9.17) is 11.6 Å². The van der Waals surface area contributed by atoms with E-state index in [2.05, 4.69) is 20.5 Å². The molecule has 0 aromatic carbocycles. The zero-order chi connectivity index (χ0) is 12.3. The molecule has 0 aliphatic carbocycles. The molecule has 2 N–H and O–H groups in total. The van der Waals surface area contributed by atoms with Crippen LogP contribution in [0.4, 0.5) is 5.82 Å². The van der Waals surface area contributed by atoms with Crippen molar-refractivity contribution in [1.82, 2.24) is 15.2 Å². The Morgan fingerprint density at radius 3 is 3.12 bits per heavy atom. The molecule has 0 spiro atoms. The van der Waals surface area contributed by atoms with Crippen LogP contribution in [-0.2, 0) is 4.79 Å². The maximum atomic E-state index is 11.5. The van der Waals surface area contributed by atoms with Crippen LogP contribution in [0.2, 0.25) is 0 Å². The molecule has 0 bridgehead atoms. The van der Waals surface area contributed by atoms with Crippen molar-refractivity contribution in [1.29, 1.82) is 0 Å². The minimum atomic E-state index is -0.0837. The van der Waals surface area contributed by atoms with E-state index in [1.807, 2.05) is 19.1 Å². The maximum Gasteiger partial charge on any atom is 0.225 e. The molecule has 90 valence electrons. The summed E-state index contributed by atoms with van der Waals surface area (Å²) in [5.74, 6) is 0.918. The lowest BCUT2D eigenvalue weighted by Gasteiger charge is -2.00. The Hall–Kier alpha value is -1.62. The van der Waals surface area contributed by atoms with Gasteiger partial charge in [-0.15, -0.1) is 11.6 Å². The molecule has 2 aromatic rings. The van der Waals surface area contributed by atoms with Gasteiger partial charge < -0.3 is 5.32 Å². The van der Waals surface area contributed by atoms with Gasteiger partial charge in [-0.25, -0.2) is 4.98 Å². The van der Waals surface area contributed by atoms with Crippen LogP contribution < -0.4 is 5.32 Å². The number of aromatic amines is 1. The van der Waals surface area contributed by atoms with E-state index in [-0.39, 0.29) is 5.91 Å². The van der Waals surface area contributed by atoms with Crippen molar-refractivity contribution in [2.75, 3.05) is 11.2 Å². The summed E-state index contributed by atoms with van der Waals surface area (Å²) in [5.41, 5.74) is 1.58. The quantitative estimate of drug-likeness (QED) is 0.820. The van der Waals surface area contributed by atoms with Crippen molar-refractivity contribution >= 4 is 34.4 Å². The number of anilines is 1. The molecule has 1 amide bonds. The highest BCUT2D eigenvalue weighted by molar-refractivity contribution is 6.18. The molecule has 2 aromatic heterocycles. The second-order valence-electron chi connectivity index (χ2n) is 3.76. The van der Waals surface area contributed by atoms with E-state index in [1.165, 1.54) is 0 Å². The number of aromatic nitrogens is 3. The smallest absolute Gasteiger partial charge is 0.225 e. The average Bonchev–Trinajstić information content (AvgIpc) is 2.69. The number of alkyl halides is 1. The van der Waals surface area contributed by atoms with Gasteiger partial charge in [-0.2, -0.15) is 5.10 Å². The van der Waals surface area contributed by atoms with E-state index >= 15 is 0 Å². The molecular weight excluding hydrogens is 240 g/mol. The second kappa shape index (κ2) is 5.14. The summed E-state index contributed by atoms with van der Waals surface area (Å²) in [5, 5.41) is 10.4. The topological polar surface area (TPSA) is 70.7 Å². The average molecular weight is 253 g/mol. The van der Waals surface area contributed by atoms with Crippen LogP contribution in [0.15, 0.2) is 12.1 Å². The zero-order valence-corrected chi connectivity index (χ0v) is 10.2. The standard InChI is InChI=1S/C11H13ClN4O/c1-7-4-5-8-10(13-7)15-16-11(8)14-9(17)3-2-6-12/h4-5H,2-3,6H2,1H3,(H2,13,14,15,16,17). The molecule has 0 aliphatic heterocycles. The molecule has 17 heavy (non-hydrogen) atoms. The summed E-state index contributed by atoms with van der Waals surface area (Å²) >= 11 is 5.53. The third-order valence-corrected chi connectivity index (χ3v) is 2.63. The summed E-state index contributed by atoms with van der Waals surface area (Å²) in [6, 6.07) is 3.77. The third-order valence-electron chi connectivity index (χ3n) is 2.36. The summed E-state index contributed by atoms with van der Waals surface area (Å²) in [4.78, 5) is 15.8. The number of fused-ring (bicyclic) bond motifs is 1. The minimum absolute atomic E-state index is 0.0837. The Labute approximate surface area is 104 Å². The van der Waals surface area contributed by atoms with Gasteiger partial charge in [-0.3, -0.25) is 9.89 Å². The number of amides is 1. The summed E-state index contributed by atoms with van der Waals surface area (Å²) < 4.78 is 0. The number of nitrogens with one attached hydrogen (secondary N) is 2. The van der Waals surface area contributed by atoms with Gasteiger partial charge >= 0.3 is 0 Å². The highest BCUT2D eigenvalue weighted by Crippen LogP contribution is 2.19. The van der Waals surface area contributed by atoms with Crippen LogP contribution >= 0.6 is 11.6 Å². The number of hydrogen-bond acceptors (Lipinski definition) is 3. The molecule has 0 atom stereocenters. The fourth-order valence-corrected chi connectivity index (χ4v) is 1.65. The van der Waals surface area contributed by atoms with Gasteiger partial charge in [0.1, 0.15) is 0 Å². The number of pyridine rings is 1. The van der Waals surface area contributed by atoms with Crippen molar-refractivity contribution in [3.63, 3.8) is 0 Å². The van der Waals surface area contributed by atoms with Crippen LogP contribution in [0.25, 0.3) is 11.0 Å². The van der Waals surface area contributed by atoms with Crippen LogP contribution in [0.5, 0.6) is 0 Å². The van der Waals surface area contributed by atoms with E-state index in [0.29, 0.717) is 30.2 Å². The highest BCUT2D eigenvalue weighted by Gasteiger charge is 2.09.